The van der Waals surface area contributed by atoms with E-state index in [1.807, 2.05) is 0 Å². The number of aryl methyl sites for hydroxylation is 2. The molecule has 1 saturated heterocycles. The highest BCUT2D eigenvalue weighted by Gasteiger charge is 2.21. The van der Waals surface area contributed by atoms with E-state index in [1.54, 1.807) is 37.3 Å². The average molecular weight is 447 g/mol. The zero-order valence-electron chi connectivity index (χ0n) is 18.0. The van der Waals surface area contributed by atoms with Gasteiger partial charge in [-0.25, -0.2) is 8.42 Å². The summed E-state index contributed by atoms with van der Waals surface area (Å²) in [5.74, 6) is -0.189. The first-order chi connectivity index (χ1) is 14.8. The molecule has 0 amide bonds. The van der Waals surface area contributed by atoms with E-state index in [0.717, 1.165) is 31.5 Å². The average Bonchev–Trinajstić information content (AvgIpc) is 3.00. The predicted octanol–water partition coefficient (Wildman–Crippen LogP) is 3.41. The molecule has 0 bridgehead atoms. The molecule has 2 heterocycles. The van der Waals surface area contributed by atoms with E-state index in [4.69, 9.17) is 4.52 Å². The van der Waals surface area contributed by atoms with Gasteiger partial charge in [0.25, 0.3) is 0 Å². The highest BCUT2D eigenvalue weighted by molar-refractivity contribution is 7.92. The van der Waals surface area contributed by atoms with Crippen LogP contribution in [0.2, 0.25) is 0 Å². The lowest BCUT2D eigenvalue weighted by atomic mass is 10.1. The van der Waals surface area contributed by atoms with Crippen molar-refractivity contribution in [3.8, 4) is 0 Å². The van der Waals surface area contributed by atoms with Gasteiger partial charge in [0.15, 0.2) is 21.4 Å². The first-order valence-corrected chi connectivity index (χ1v) is 12.5. The van der Waals surface area contributed by atoms with Crippen molar-refractivity contribution in [3.05, 3.63) is 47.3 Å². The molecule has 1 aliphatic heterocycles. The summed E-state index contributed by atoms with van der Waals surface area (Å²) in [7, 11) is -3.65. The minimum atomic E-state index is -3.65. The number of rotatable bonds is 10. The van der Waals surface area contributed by atoms with E-state index in [2.05, 4.69) is 10.1 Å². The summed E-state index contributed by atoms with van der Waals surface area (Å²) < 4.78 is 30.2. The number of ketones is 2. The second-order valence-corrected chi connectivity index (χ2v) is 10.2. The summed E-state index contributed by atoms with van der Waals surface area (Å²) in [6.07, 6.45) is 6.09. The summed E-state index contributed by atoms with van der Waals surface area (Å²) in [4.78, 5) is 26.6. The first-order valence-electron chi connectivity index (χ1n) is 10.9. The van der Waals surface area contributed by atoms with Crippen LogP contribution < -0.4 is 0 Å². The molecule has 31 heavy (non-hydrogen) atoms. The Kier molecular flexibility index (Phi) is 8.15. The van der Waals surface area contributed by atoms with Gasteiger partial charge in [-0.3, -0.25) is 14.5 Å². The fourth-order valence-electron chi connectivity index (χ4n) is 3.83. The molecule has 1 aromatic carbocycles. The van der Waals surface area contributed by atoms with Crippen molar-refractivity contribution >= 4 is 21.4 Å². The normalized spacial score (nSPS) is 15.5. The summed E-state index contributed by atoms with van der Waals surface area (Å²) in [6, 6.07) is 8.21. The molecule has 3 rings (SSSR count). The molecule has 0 radical (unpaired) electrons. The van der Waals surface area contributed by atoms with E-state index in [1.165, 1.54) is 12.8 Å². The quantitative estimate of drug-likeness (QED) is 0.516. The second-order valence-electron chi connectivity index (χ2n) is 8.23. The van der Waals surface area contributed by atoms with Crippen LogP contribution in [0.5, 0.6) is 0 Å². The predicted molar refractivity (Wildman–Crippen MR) is 117 cm³/mol. The van der Waals surface area contributed by atoms with Gasteiger partial charge in [0.1, 0.15) is 17.2 Å². The number of carbonyl (C=O) groups is 2. The third-order valence-electron chi connectivity index (χ3n) is 5.52. The van der Waals surface area contributed by atoms with Gasteiger partial charge in [-0.15, -0.1) is 0 Å². The monoisotopic (exact) mass is 446 g/mol. The molecule has 0 spiro atoms. The standard InChI is InChI=1S/C23H30N2O5S/c1-18-15-22(24-30-18)23(27)8-6-7-19-9-11-21(12-10-19)31(28,29)17-20(26)16-25-13-4-2-3-5-14-25/h9-12,15H,2-8,13-14,16-17H2,1H3. The fourth-order valence-corrected chi connectivity index (χ4v) is 5.06. The van der Waals surface area contributed by atoms with Crippen LogP contribution in [-0.2, 0) is 21.1 Å². The zero-order chi connectivity index (χ0) is 22.3. The molecule has 0 atom stereocenters. The van der Waals surface area contributed by atoms with Crippen LogP contribution in [0.15, 0.2) is 39.8 Å². The van der Waals surface area contributed by atoms with Crippen LogP contribution in [0.3, 0.4) is 0 Å². The maximum atomic E-state index is 12.6. The van der Waals surface area contributed by atoms with E-state index in [9.17, 15) is 18.0 Å². The minimum absolute atomic E-state index is 0.0704. The van der Waals surface area contributed by atoms with Gasteiger partial charge in [-0.05, 0) is 63.4 Å². The van der Waals surface area contributed by atoms with Gasteiger partial charge in [-0.2, -0.15) is 0 Å². The molecule has 1 aromatic heterocycles. The van der Waals surface area contributed by atoms with Crippen molar-refractivity contribution in [2.24, 2.45) is 0 Å². The van der Waals surface area contributed by atoms with Crippen molar-refractivity contribution < 1.29 is 22.5 Å². The zero-order valence-corrected chi connectivity index (χ0v) is 18.8. The molecular formula is C23H30N2O5S. The van der Waals surface area contributed by atoms with Crippen LogP contribution in [-0.4, -0.2) is 55.4 Å². The van der Waals surface area contributed by atoms with Crippen LogP contribution in [0.1, 0.15) is 60.3 Å². The molecule has 8 heteroatoms. The highest BCUT2D eigenvalue weighted by Crippen LogP contribution is 2.16. The molecule has 2 aromatic rings. The minimum Gasteiger partial charge on any atom is -0.361 e. The summed E-state index contributed by atoms with van der Waals surface area (Å²) in [5.41, 5.74) is 1.28. The summed E-state index contributed by atoms with van der Waals surface area (Å²) in [5, 5.41) is 3.72. The lowest BCUT2D eigenvalue weighted by Gasteiger charge is -2.18. The molecule has 0 aliphatic carbocycles. The lowest BCUT2D eigenvalue weighted by Crippen LogP contribution is -2.33. The van der Waals surface area contributed by atoms with Crippen molar-refractivity contribution in [2.45, 2.75) is 56.8 Å². The summed E-state index contributed by atoms with van der Waals surface area (Å²) in [6.45, 7) is 3.66. The van der Waals surface area contributed by atoms with Crippen molar-refractivity contribution in [1.82, 2.24) is 10.1 Å². The fraction of sp³-hybridized carbons (Fsp3) is 0.522. The van der Waals surface area contributed by atoms with Crippen LogP contribution in [0.25, 0.3) is 0 Å². The Labute approximate surface area is 183 Å². The Morgan fingerprint density at radius 1 is 1.06 bits per heavy atom. The molecule has 0 saturated carbocycles. The summed E-state index contributed by atoms with van der Waals surface area (Å²) >= 11 is 0. The molecular weight excluding hydrogens is 416 g/mol. The van der Waals surface area contributed by atoms with E-state index in [0.29, 0.717) is 30.7 Å². The molecule has 0 unspecified atom stereocenters. The Morgan fingerprint density at radius 3 is 2.35 bits per heavy atom. The number of Topliss-reactive ketones (excluding diaryl/α,β-unsaturated/α-hetero) is 2. The maximum absolute atomic E-state index is 12.6. The molecule has 1 aliphatic rings. The van der Waals surface area contributed by atoms with Crippen LogP contribution in [0.4, 0.5) is 0 Å². The largest absolute Gasteiger partial charge is 0.361 e. The Hall–Kier alpha value is -2.32. The van der Waals surface area contributed by atoms with Gasteiger partial charge in [-0.1, -0.05) is 30.1 Å². The van der Waals surface area contributed by atoms with Crippen LogP contribution in [0, 0.1) is 6.92 Å². The number of nitrogens with zero attached hydrogens (tertiary/aromatic N) is 2. The van der Waals surface area contributed by atoms with E-state index in [-0.39, 0.29) is 23.0 Å². The number of hydrogen-bond donors (Lipinski definition) is 0. The van der Waals surface area contributed by atoms with Crippen LogP contribution >= 0.6 is 0 Å². The van der Waals surface area contributed by atoms with Gasteiger partial charge in [0.05, 0.1) is 11.4 Å². The van der Waals surface area contributed by atoms with Crippen molar-refractivity contribution in [2.75, 3.05) is 25.4 Å². The maximum Gasteiger partial charge on any atom is 0.185 e. The highest BCUT2D eigenvalue weighted by atomic mass is 32.2. The Bertz CT molecular complexity index is 987. The third kappa shape index (κ3) is 7.11. The first kappa shape index (κ1) is 23.3. The number of sulfone groups is 1. The van der Waals surface area contributed by atoms with E-state index < -0.39 is 15.6 Å². The van der Waals surface area contributed by atoms with Crippen molar-refractivity contribution in [3.63, 3.8) is 0 Å². The molecule has 168 valence electrons. The Morgan fingerprint density at radius 2 is 1.74 bits per heavy atom. The number of carbonyl (C=O) groups excluding carboxylic acids is 2. The van der Waals surface area contributed by atoms with E-state index >= 15 is 0 Å². The lowest BCUT2D eigenvalue weighted by molar-refractivity contribution is -0.117. The van der Waals surface area contributed by atoms with Gasteiger partial charge in [0.2, 0.25) is 0 Å². The van der Waals surface area contributed by atoms with Gasteiger partial charge < -0.3 is 4.52 Å². The smallest absolute Gasteiger partial charge is 0.185 e. The second kappa shape index (κ2) is 10.8. The Balaban J connectivity index is 1.48. The van der Waals surface area contributed by atoms with Crippen molar-refractivity contribution in [1.29, 1.82) is 0 Å². The molecule has 0 N–H and O–H groups in total. The number of aromatic nitrogens is 1. The third-order valence-corrected chi connectivity index (χ3v) is 7.21. The topological polar surface area (TPSA) is 97.5 Å². The number of hydrogen-bond acceptors (Lipinski definition) is 7. The molecule has 1 fully saturated rings. The molecule has 7 nitrogen and oxygen atoms in total. The SMILES string of the molecule is Cc1cc(C(=O)CCCc2ccc(S(=O)(=O)CC(=O)CN3CCCCCC3)cc2)no1. The van der Waals surface area contributed by atoms with Gasteiger partial charge in [0, 0.05) is 12.5 Å². The number of likely N-dealkylation sites (tertiary alicyclic amines) is 1. The number of benzene rings is 1. The van der Waals surface area contributed by atoms with Gasteiger partial charge >= 0.3 is 0 Å².